The summed E-state index contributed by atoms with van der Waals surface area (Å²) in [7, 11) is 1.67. The van der Waals surface area contributed by atoms with Crippen molar-refractivity contribution in [2.45, 2.75) is 18.9 Å². The van der Waals surface area contributed by atoms with Gasteiger partial charge in [0.15, 0.2) is 0 Å². The minimum absolute atomic E-state index is 0.0963. The van der Waals surface area contributed by atoms with Crippen molar-refractivity contribution in [2.24, 2.45) is 5.84 Å². The molecule has 0 fully saturated rings. The van der Waals surface area contributed by atoms with Crippen LogP contribution < -0.4 is 16.0 Å². The highest BCUT2D eigenvalue weighted by molar-refractivity contribution is 9.11. The van der Waals surface area contributed by atoms with Gasteiger partial charge in [-0.1, -0.05) is 44.0 Å². The summed E-state index contributed by atoms with van der Waals surface area (Å²) in [4.78, 5) is 0. The van der Waals surface area contributed by atoms with E-state index in [0.29, 0.717) is 0 Å². The SMILES string of the molecule is COc1ccc(CCC(NN)c2cc(Br)ccc2Br)cc1. The van der Waals surface area contributed by atoms with Crippen LogP contribution in [0.4, 0.5) is 0 Å². The quantitative estimate of drug-likeness (QED) is 0.546. The number of hydrogen-bond acceptors (Lipinski definition) is 3. The number of aryl methyl sites for hydroxylation is 1. The lowest BCUT2D eigenvalue weighted by molar-refractivity contribution is 0.414. The topological polar surface area (TPSA) is 47.3 Å². The van der Waals surface area contributed by atoms with Gasteiger partial charge in [-0.05, 0) is 54.3 Å². The van der Waals surface area contributed by atoms with Gasteiger partial charge in [0, 0.05) is 15.0 Å². The molecule has 3 N–H and O–H groups in total. The molecular weight excluding hydrogens is 396 g/mol. The van der Waals surface area contributed by atoms with Crippen LogP contribution in [0.2, 0.25) is 0 Å². The van der Waals surface area contributed by atoms with E-state index in [1.807, 2.05) is 24.3 Å². The Morgan fingerprint density at radius 2 is 1.86 bits per heavy atom. The highest BCUT2D eigenvalue weighted by Crippen LogP contribution is 2.29. The summed E-state index contributed by atoms with van der Waals surface area (Å²) in [5.41, 5.74) is 5.32. The molecule has 2 aromatic carbocycles. The zero-order valence-electron chi connectivity index (χ0n) is 11.8. The van der Waals surface area contributed by atoms with Gasteiger partial charge in [-0.15, -0.1) is 0 Å². The van der Waals surface area contributed by atoms with Gasteiger partial charge in [-0.3, -0.25) is 11.3 Å². The fourth-order valence-corrected chi connectivity index (χ4v) is 3.12. The van der Waals surface area contributed by atoms with Gasteiger partial charge >= 0.3 is 0 Å². The molecule has 5 heteroatoms. The van der Waals surface area contributed by atoms with E-state index >= 15 is 0 Å². The van der Waals surface area contributed by atoms with Crippen LogP contribution in [0, 0.1) is 0 Å². The van der Waals surface area contributed by atoms with E-state index in [-0.39, 0.29) is 6.04 Å². The van der Waals surface area contributed by atoms with Crippen LogP contribution in [-0.4, -0.2) is 7.11 Å². The molecular formula is C16H18Br2N2O. The highest BCUT2D eigenvalue weighted by atomic mass is 79.9. The maximum absolute atomic E-state index is 5.73. The first-order valence-corrected chi connectivity index (χ1v) is 8.26. The van der Waals surface area contributed by atoms with Gasteiger partial charge in [-0.25, -0.2) is 0 Å². The van der Waals surface area contributed by atoms with Crippen molar-refractivity contribution in [3.8, 4) is 5.75 Å². The van der Waals surface area contributed by atoms with E-state index in [1.54, 1.807) is 7.11 Å². The van der Waals surface area contributed by atoms with Crippen molar-refractivity contribution in [3.63, 3.8) is 0 Å². The number of nitrogens with two attached hydrogens (primary N) is 1. The third-order valence-corrected chi connectivity index (χ3v) is 4.63. The molecule has 0 radical (unpaired) electrons. The first-order valence-electron chi connectivity index (χ1n) is 6.68. The molecule has 0 aliphatic rings. The molecule has 3 nitrogen and oxygen atoms in total. The van der Waals surface area contributed by atoms with Crippen molar-refractivity contribution in [2.75, 3.05) is 7.11 Å². The van der Waals surface area contributed by atoms with Crippen molar-refractivity contribution in [3.05, 3.63) is 62.5 Å². The summed E-state index contributed by atoms with van der Waals surface area (Å²) < 4.78 is 7.28. The lowest BCUT2D eigenvalue weighted by Crippen LogP contribution is -2.28. The number of halogens is 2. The van der Waals surface area contributed by atoms with Crippen LogP contribution in [0.5, 0.6) is 5.75 Å². The largest absolute Gasteiger partial charge is 0.497 e. The molecule has 0 bridgehead atoms. The van der Waals surface area contributed by atoms with Crippen LogP contribution in [-0.2, 0) is 6.42 Å². The second-order valence-corrected chi connectivity index (χ2v) is 6.54. The summed E-state index contributed by atoms with van der Waals surface area (Å²) in [6, 6.07) is 14.3. The molecule has 1 unspecified atom stereocenters. The second-order valence-electron chi connectivity index (χ2n) is 4.77. The van der Waals surface area contributed by atoms with E-state index in [0.717, 1.165) is 33.1 Å². The van der Waals surface area contributed by atoms with E-state index in [9.17, 15) is 0 Å². The van der Waals surface area contributed by atoms with Gasteiger partial charge in [-0.2, -0.15) is 0 Å². The van der Waals surface area contributed by atoms with E-state index in [2.05, 4.69) is 55.5 Å². The average Bonchev–Trinajstić information content (AvgIpc) is 2.51. The minimum atomic E-state index is 0.0963. The van der Waals surface area contributed by atoms with E-state index < -0.39 is 0 Å². The molecule has 0 amide bonds. The fraction of sp³-hybridized carbons (Fsp3) is 0.250. The molecule has 0 aliphatic carbocycles. The molecule has 0 aromatic heterocycles. The molecule has 0 spiro atoms. The lowest BCUT2D eigenvalue weighted by Gasteiger charge is -2.18. The highest BCUT2D eigenvalue weighted by Gasteiger charge is 2.13. The first-order chi connectivity index (χ1) is 10.1. The van der Waals surface area contributed by atoms with Crippen LogP contribution in [0.3, 0.4) is 0 Å². The Bertz CT molecular complexity index is 587. The molecule has 1 atom stereocenters. The Morgan fingerprint density at radius 1 is 1.14 bits per heavy atom. The number of hydrogen-bond donors (Lipinski definition) is 2. The van der Waals surface area contributed by atoms with Gasteiger partial charge in [0.05, 0.1) is 7.11 Å². The predicted octanol–water partition coefficient (Wildman–Crippen LogP) is 4.36. The number of ether oxygens (including phenoxy) is 1. The standard InChI is InChI=1S/C16H18Br2N2O/c1-21-13-6-2-11(3-7-13)4-9-16(20-19)14-10-12(17)5-8-15(14)18/h2-3,5-8,10,16,20H,4,9,19H2,1H3. The van der Waals surface area contributed by atoms with Crippen LogP contribution >= 0.6 is 31.9 Å². The normalized spacial score (nSPS) is 12.2. The zero-order valence-corrected chi connectivity index (χ0v) is 14.9. The Kier molecular flexibility index (Phi) is 6.23. The molecule has 0 heterocycles. The summed E-state index contributed by atoms with van der Waals surface area (Å²) in [5.74, 6) is 6.60. The van der Waals surface area contributed by atoms with Gasteiger partial charge in [0.1, 0.15) is 5.75 Å². The maximum Gasteiger partial charge on any atom is 0.118 e. The van der Waals surface area contributed by atoms with Gasteiger partial charge in [0.25, 0.3) is 0 Å². The summed E-state index contributed by atoms with van der Waals surface area (Å²) in [6.45, 7) is 0. The van der Waals surface area contributed by atoms with E-state index in [1.165, 1.54) is 5.56 Å². The summed E-state index contributed by atoms with van der Waals surface area (Å²) in [5, 5.41) is 0. The van der Waals surface area contributed by atoms with Crippen molar-refractivity contribution in [1.82, 2.24) is 5.43 Å². The third kappa shape index (κ3) is 4.54. The molecule has 0 saturated carbocycles. The van der Waals surface area contributed by atoms with Crippen molar-refractivity contribution >= 4 is 31.9 Å². The molecule has 2 aromatic rings. The Hall–Kier alpha value is -0.880. The molecule has 0 saturated heterocycles. The average molecular weight is 414 g/mol. The predicted molar refractivity (Wildman–Crippen MR) is 93.2 cm³/mol. The van der Waals surface area contributed by atoms with Gasteiger partial charge in [0.2, 0.25) is 0 Å². The number of hydrazine groups is 1. The van der Waals surface area contributed by atoms with Crippen LogP contribution in [0.1, 0.15) is 23.6 Å². The van der Waals surface area contributed by atoms with Crippen molar-refractivity contribution < 1.29 is 4.74 Å². The molecule has 21 heavy (non-hydrogen) atoms. The second kappa shape index (κ2) is 7.94. The van der Waals surface area contributed by atoms with Gasteiger partial charge < -0.3 is 4.74 Å². The number of benzene rings is 2. The zero-order chi connectivity index (χ0) is 15.2. The molecule has 112 valence electrons. The smallest absolute Gasteiger partial charge is 0.118 e. The molecule has 0 aliphatic heterocycles. The minimum Gasteiger partial charge on any atom is -0.497 e. The summed E-state index contributed by atoms with van der Waals surface area (Å²) in [6.07, 6.45) is 1.86. The van der Waals surface area contributed by atoms with Crippen LogP contribution in [0.25, 0.3) is 0 Å². The third-order valence-electron chi connectivity index (χ3n) is 3.42. The Morgan fingerprint density at radius 3 is 2.48 bits per heavy atom. The molecule has 2 rings (SSSR count). The van der Waals surface area contributed by atoms with E-state index in [4.69, 9.17) is 10.6 Å². The number of rotatable bonds is 6. The summed E-state index contributed by atoms with van der Waals surface area (Å²) >= 11 is 7.09. The number of methoxy groups -OCH3 is 1. The van der Waals surface area contributed by atoms with Crippen LogP contribution in [0.15, 0.2) is 51.4 Å². The number of nitrogens with one attached hydrogen (secondary N) is 1. The fourth-order valence-electron chi connectivity index (χ4n) is 2.21. The maximum atomic E-state index is 5.73. The Balaban J connectivity index is 2.06. The monoisotopic (exact) mass is 412 g/mol. The lowest BCUT2D eigenvalue weighted by atomic mass is 9.99. The Labute approximate surface area is 142 Å². The van der Waals surface area contributed by atoms with Crippen molar-refractivity contribution in [1.29, 1.82) is 0 Å². The first kappa shape index (κ1) is 16.5.